The van der Waals surface area contributed by atoms with E-state index in [-0.39, 0.29) is 11.9 Å². The Hall–Kier alpha value is -2.03. The normalized spacial score (nSPS) is 12.0. The van der Waals surface area contributed by atoms with Crippen LogP contribution in [0.25, 0.3) is 0 Å². The third kappa shape index (κ3) is 3.29. The van der Waals surface area contributed by atoms with Crippen molar-refractivity contribution in [2.45, 2.75) is 26.3 Å². The zero-order chi connectivity index (χ0) is 14.5. The van der Waals surface area contributed by atoms with Gasteiger partial charge in [0.25, 0.3) is 0 Å². The minimum absolute atomic E-state index is 0.181. The molecule has 0 saturated heterocycles. The molecule has 1 N–H and O–H groups in total. The summed E-state index contributed by atoms with van der Waals surface area (Å²) in [6, 6.07) is 13.2. The van der Waals surface area contributed by atoms with Gasteiger partial charge in [-0.3, -0.25) is 0 Å². The first-order valence-electron chi connectivity index (χ1n) is 6.75. The molecule has 1 atom stereocenters. The van der Waals surface area contributed by atoms with Gasteiger partial charge in [0, 0.05) is 17.3 Å². The molecule has 20 heavy (non-hydrogen) atoms. The van der Waals surface area contributed by atoms with Crippen molar-refractivity contribution in [2.75, 3.05) is 12.4 Å². The van der Waals surface area contributed by atoms with Crippen molar-refractivity contribution in [3.05, 3.63) is 59.4 Å². The number of hydrogen-bond donors (Lipinski definition) is 1. The number of methoxy groups -OCH3 is 1. The van der Waals surface area contributed by atoms with Crippen LogP contribution in [0.3, 0.4) is 0 Å². The molecule has 0 heterocycles. The van der Waals surface area contributed by atoms with Gasteiger partial charge in [0.15, 0.2) is 0 Å². The Balaban J connectivity index is 2.09. The number of nitrogens with one attached hydrogen (secondary N) is 1. The molecule has 0 bridgehead atoms. The summed E-state index contributed by atoms with van der Waals surface area (Å²) in [6.45, 7) is 3.87. The number of benzene rings is 2. The van der Waals surface area contributed by atoms with Crippen molar-refractivity contribution < 1.29 is 9.13 Å². The molecular weight excluding hydrogens is 253 g/mol. The maximum absolute atomic E-state index is 13.5. The molecule has 0 saturated carbocycles. The lowest BCUT2D eigenvalue weighted by Gasteiger charge is -2.18. The Kier molecular flexibility index (Phi) is 4.61. The van der Waals surface area contributed by atoms with Crippen LogP contribution < -0.4 is 10.1 Å². The van der Waals surface area contributed by atoms with Crippen LogP contribution in [0, 0.1) is 12.7 Å². The van der Waals surface area contributed by atoms with E-state index in [0.717, 1.165) is 23.4 Å². The fourth-order valence-electron chi connectivity index (χ4n) is 2.28. The summed E-state index contributed by atoms with van der Waals surface area (Å²) in [7, 11) is 1.67. The fourth-order valence-corrected chi connectivity index (χ4v) is 2.28. The van der Waals surface area contributed by atoms with Gasteiger partial charge in [-0.1, -0.05) is 24.3 Å². The van der Waals surface area contributed by atoms with Crippen molar-refractivity contribution in [1.82, 2.24) is 0 Å². The molecule has 0 fully saturated rings. The molecule has 0 amide bonds. The second-order valence-electron chi connectivity index (χ2n) is 4.97. The van der Waals surface area contributed by atoms with E-state index in [4.69, 9.17) is 4.74 Å². The molecule has 2 nitrogen and oxygen atoms in total. The van der Waals surface area contributed by atoms with E-state index in [9.17, 15) is 4.39 Å². The van der Waals surface area contributed by atoms with Gasteiger partial charge in [0.05, 0.1) is 7.11 Å². The van der Waals surface area contributed by atoms with Crippen molar-refractivity contribution in [1.29, 1.82) is 0 Å². The zero-order valence-electron chi connectivity index (χ0n) is 12.1. The van der Waals surface area contributed by atoms with Crippen LogP contribution >= 0.6 is 0 Å². The van der Waals surface area contributed by atoms with Crippen LogP contribution in [-0.4, -0.2) is 13.2 Å². The number of halogens is 1. The van der Waals surface area contributed by atoms with Gasteiger partial charge in [-0.2, -0.15) is 0 Å². The minimum atomic E-state index is -0.181. The molecule has 3 heteroatoms. The van der Waals surface area contributed by atoms with Crippen molar-refractivity contribution in [3.63, 3.8) is 0 Å². The van der Waals surface area contributed by atoms with Gasteiger partial charge in [-0.05, 0) is 44.0 Å². The molecule has 0 radical (unpaired) electrons. The second kappa shape index (κ2) is 6.42. The van der Waals surface area contributed by atoms with E-state index in [1.165, 1.54) is 6.07 Å². The van der Waals surface area contributed by atoms with Crippen LogP contribution in [0.15, 0.2) is 42.5 Å². The van der Waals surface area contributed by atoms with E-state index in [0.29, 0.717) is 5.56 Å². The molecule has 106 valence electrons. The van der Waals surface area contributed by atoms with Gasteiger partial charge in [0.2, 0.25) is 0 Å². The molecule has 2 rings (SSSR count). The maximum atomic E-state index is 13.5. The number of anilines is 1. The topological polar surface area (TPSA) is 21.3 Å². The summed E-state index contributed by atoms with van der Waals surface area (Å²) < 4.78 is 18.9. The van der Waals surface area contributed by atoms with Gasteiger partial charge in [-0.15, -0.1) is 0 Å². The van der Waals surface area contributed by atoms with Crippen molar-refractivity contribution >= 4 is 5.69 Å². The van der Waals surface area contributed by atoms with Gasteiger partial charge < -0.3 is 10.1 Å². The van der Waals surface area contributed by atoms with E-state index in [1.807, 2.05) is 24.3 Å². The van der Waals surface area contributed by atoms with Crippen LogP contribution in [0.1, 0.15) is 18.1 Å². The smallest absolute Gasteiger partial charge is 0.128 e. The summed E-state index contributed by atoms with van der Waals surface area (Å²) in [5, 5.41) is 3.36. The Bertz CT molecular complexity index is 583. The molecule has 0 aliphatic rings. The zero-order valence-corrected chi connectivity index (χ0v) is 12.1. The van der Waals surface area contributed by atoms with Crippen LogP contribution in [-0.2, 0) is 6.42 Å². The highest BCUT2D eigenvalue weighted by Crippen LogP contribution is 2.22. The van der Waals surface area contributed by atoms with Crippen LogP contribution in [0.5, 0.6) is 5.75 Å². The summed E-state index contributed by atoms with van der Waals surface area (Å²) in [5.74, 6) is 0.705. The Morgan fingerprint density at radius 2 is 1.90 bits per heavy atom. The maximum Gasteiger partial charge on any atom is 0.128 e. The van der Waals surface area contributed by atoms with E-state index >= 15 is 0 Å². The average Bonchev–Trinajstić information content (AvgIpc) is 2.44. The predicted molar refractivity (Wildman–Crippen MR) is 80.9 cm³/mol. The molecule has 0 aliphatic heterocycles. The lowest BCUT2D eigenvalue weighted by Crippen LogP contribution is -2.19. The average molecular weight is 273 g/mol. The molecule has 2 aromatic carbocycles. The first kappa shape index (κ1) is 14.4. The number of rotatable bonds is 5. The lowest BCUT2D eigenvalue weighted by atomic mass is 10.1. The standard InChI is InChI=1S/C17H20FNO/c1-12(11-14-7-4-5-10-17(14)20-3)19-16-9-6-8-15(18)13(16)2/h4-10,12,19H,11H2,1-3H3. The molecular formula is C17H20FNO. The summed E-state index contributed by atoms with van der Waals surface area (Å²) in [4.78, 5) is 0. The largest absolute Gasteiger partial charge is 0.496 e. The van der Waals surface area contributed by atoms with Crippen molar-refractivity contribution in [3.8, 4) is 5.75 Å². The third-order valence-electron chi connectivity index (χ3n) is 3.39. The summed E-state index contributed by atoms with van der Waals surface area (Å²) in [5.41, 5.74) is 2.64. The van der Waals surface area contributed by atoms with Gasteiger partial charge >= 0.3 is 0 Å². The van der Waals surface area contributed by atoms with E-state index < -0.39 is 0 Å². The van der Waals surface area contributed by atoms with Crippen LogP contribution in [0.4, 0.5) is 10.1 Å². The first-order valence-corrected chi connectivity index (χ1v) is 6.75. The van der Waals surface area contributed by atoms with E-state index in [2.05, 4.69) is 18.3 Å². The molecule has 0 spiro atoms. The quantitative estimate of drug-likeness (QED) is 0.882. The number of ether oxygens (including phenoxy) is 1. The summed E-state index contributed by atoms with van der Waals surface area (Å²) in [6.07, 6.45) is 0.819. The second-order valence-corrected chi connectivity index (χ2v) is 4.97. The minimum Gasteiger partial charge on any atom is -0.496 e. The Labute approximate surface area is 119 Å². The summed E-state index contributed by atoms with van der Waals surface area (Å²) >= 11 is 0. The monoisotopic (exact) mass is 273 g/mol. The highest BCUT2D eigenvalue weighted by atomic mass is 19.1. The number of para-hydroxylation sites is 1. The van der Waals surface area contributed by atoms with Crippen LogP contribution in [0.2, 0.25) is 0 Å². The molecule has 1 unspecified atom stereocenters. The number of hydrogen-bond acceptors (Lipinski definition) is 2. The highest BCUT2D eigenvalue weighted by molar-refractivity contribution is 5.52. The fraction of sp³-hybridized carbons (Fsp3) is 0.294. The first-order chi connectivity index (χ1) is 9.61. The SMILES string of the molecule is COc1ccccc1CC(C)Nc1cccc(F)c1C. The predicted octanol–water partition coefficient (Wildman–Crippen LogP) is 4.19. The molecule has 2 aromatic rings. The van der Waals surface area contributed by atoms with Crippen molar-refractivity contribution in [2.24, 2.45) is 0 Å². The Morgan fingerprint density at radius 3 is 2.65 bits per heavy atom. The van der Waals surface area contributed by atoms with Gasteiger partial charge in [0.1, 0.15) is 11.6 Å². The van der Waals surface area contributed by atoms with E-state index in [1.54, 1.807) is 20.1 Å². The highest BCUT2D eigenvalue weighted by Gasteiger charge is 2.10. The molecule has 0 aromatic heterocycles. The van der Waals surface area contributed by atoms with Gasteiger partial charge in [-0.25, -0.2) is 4.39 Å². The Morgan fingerprint density at radius 1 is 1.15 bits per heavy atom. The lowest BCUT2D eigenvalue weighted by molar-refractivity contribution is 0.409. The third-order valence-corrected chi connectivity index (χ3v) is 3.39. The molecule has 0 aliphatic carbocycles.